The predicted octanol–water partition coefficient (Wildman–Crippen LogP) is -3.88. The largest absolute Gasteiger partial charge is 2.00 e. The molecule has 0 aliphatic carbocycles. The molecule has 13 heavy (non-hydrogen) atoms. The summed E-state index contributed by atoms with van der Waals surface area (Å²) in [6, 6.07) is 0. The molecule has 0 fully saturated rings. The summed E-state index contributed by atoms with van der Waals surface area (Å²) in [5.41, 5.74) is 0. The van der Waals surface area contributed by atoms with Crippen molar-refractivity contribution in [2.45, 2.75) is 0 Å². The van der Waals surface area contributed by atoms with Crippen LogP contribution in [0.4, 0.5) is 0 Å². The molecule has 80 valence electrons. The monoisotopic (exact) mass is 474 g/mol. The molecule has 0 bridgehead atoms. The average molecular weight is 473 g/mol. The summed E-state index contributed by atoms with van der Waals surface area (Å²) in [5.74, 6) is 0. The van der Waals surface area contributed by atoms with Gasteiger partial charge in [0.15, 0.2) is 0 Å². The quantitative estimate of drug-likeness (QED) is 0.194. The van der Waals surface area contributed by atoms with Crippen LogP contribution in [0.3, 0.4) is 0 Å². The van der Waals surface area contributed by atoms with Gasteiger partial charge in [-0.3, -0.25) is 16.8 Å². The summed E-state index contributed by atoms with van der Waals surface area (Å²) >= 11 is 0. The topological polar surface area (TPSA) is 192 Å². The molecule has 0 aliphatic rings. The van der Waals surface area contributed by atoms with Crippen molar-refractivity contribution in [3.05, 3.63) is 0 Å². The third-order valence-corrected chi connectivity index (χ3v) is 0. The molecule has 0 saturated carbocycles. The Kier molecular flexibility index (Phi) is 25.2. The zero-order chi connectivity index (χ0) is 9.00. The predicted molar refractivity (Wildman–Crippen MR) is 30.3 cm³/mol. The molecule has 2 N–H and O–H groups in total. The van der Waals surface area contributed by atoms with Crippen LogP contribution in [0, 0.1) is 0 Å². The molecule has 0 atom stereocenters. The molecule has 2 radical (unpaired) electrons. The van der Waals surface area contributed by atoms with E-state index in [1.807, 2.05) is 0 Å². The Hall–Kier alpha value is 1.14. The fourth-order valence-electron chi connectivity index (χ4n) is 0. The van der Waals surface area contributed by atoms with Crippen molar-refractivity contribution in [3.63, 3.8) is 0 Å². The summed E-state index contributed by atoms with van der Waals surface area (Å²) in [5, 5.41) is 0. The fourth-order valence-corrected chi connectivity index (χ4v) is 0. The Morgan fingerprint density at radius 3 is 0.692 bits per heavy atom. The second-order valence-electron chi connectivity index (χ2n) is 0.816. The first-order valence-electron chi connectivity index (χ1n) is 1.33. The Morgan fingerprint density at radius 1 is 0.692 bits per heavy atom. The smallest absolute Gasteiger partial charge is 0.759 e. The molecule has 0 rings (SSSR count). The number of hydrogen-bond acceptors (Lipinski definition) is 8. The van der Waals surface area contributed by atoms with Gasteiger partial charge < -0.3 is 23.7 Å². The van der Waals surface area contributed by atoms with Crippen LogP contribution in [0.2, 0.25) is 0 Å². The standard InChI is InChI=1S/Fe.2H2O4S.H2O.Pb/c;2*1-5(2,3)4;;/h;2*(H2,1,2,3,4);1H2;/q+2;;;;+2/p-4. The first kappa shape index (κ1) is 29.2. The third kappa shape index (κ3) is 1250. The Balaban J connectivity index is -0.0000000267. The van der Waals surface area contributed by atoms with E-state index in [0.717, 1.165) is 0 Å². The van der Waals surface area contributed by atoms with E-state index in [2.05, 4.69) is 0 Å². The van der Waals surface area contributed by atoms with Gasteiger partial charge in [-0.25, -0.2) is 0 Å². The summed E-state index contributed by atoms with van der Waals surface area (Å²) in [7, 11) is -10.3. The third-order valence-electron chi connectivity index (χ3n) is 0. The second kappa shape index (κ2) is 11.2. The Bertz CT molecular complexity index is 214. The van der Waals surface area contributed by atoms with Crippen LogP contribution >= 0.6 is 0 Å². The van der Waals surface area contributed by atoms with Crippen LogP contribution < -0.4 is 0 Å². The molecular weight excluding hydrogens is 471 g/mol. The maximum absolute atomic E-state index is 8.52. The van der Waals surface area contributed by atoms with Crippen LogP contribution in [-0.4, -0.2) is 67.8 Å². The molecular formula is H2FeO9PbS2. The normalized spacial score (nSPS) is 8.92. The first-order valence-corrected chi connectivity index (χ1v) is 4.00. The van der Waals surface area contributed by atoms with Crippen LogP contribution in [-0.2, 0) is 37.9 Å². The SMILES string of the molecule is O.O=S(=O)([O-])[O-].O=S(=O)([O-])[O-].[Fe+2].[Pb+2]. The minimum absolute atomic E-state index is 0. The average Bonchev–Trinajstić information content (AvgIpc) is 1.12. The molecule has 0 aromatic rings. The summed E-state index contributed by atoms with van der Waals surface area (Å²) in [4.78, 5) is 0. The molecule has 0 aromatic heterocycles. The van der Waals surface area contributed by atoms with Gasteiger partial charge in [0.2, 0.25) is 0 Å². The molecule has 0 unspecified atom stereocenters. The van der Waals surface area contributed by atoms with Crippen molar-refractivity contribution in [3.8, 4) is 0 Å². The van der Waals surface area contributed by atoms with Crippen molar-refractivity contribution in [2.24, 2.45) is 0 Å². The van der Waals surface area contributed by atoms with Gasteiger partial charge in [-0.1, -0.05) is 0 Å². The molecule has 0 heterocycles. The fraction of sp³-hybridized carbons (Fsp3) is 0. The molecule has 0 aromatic carbocycles. The number of hydrogen-bond donors (Lipinski definition) is 0. The van der Waals surface area contributed by atoms with Gasteiger partial charge in [0.25, 0.3) is 0 Å². The van der Waals surface area contributed by atoms with E-state index in [1.165, 1.54) is 0 Å². The van der Waals surface area contributed by atoms with Crippen LogP contribution in [0.15, 0.2) is 0 Å². The van der Waals surface area contributed by atoms with Crippen LogP contribution in [0.5, 0.6) is 0 Å². The van der Waals surface area contributed by atoms with E-state index >= 15 is 0 Å². The van der Waals surface area contributed by atoms with Gasteiger partial charge in [0.1, 0.15) is 0 Å². The van der Waals surface area contributed by atoms with Crippen LogP contribution in [0.1, 0.15) is 0 Å². The summed E-state index contributed by atoms with van der Waals surface area (Å²) in [6.45, 7) is 0. The van der Waals surface area contributed by atoms with Crippen molar-refractivity contribution < 1.29 is 57.6 Å². The first-order chi connectivity index (χ1) is 4.00. The van der Waals surface area contributed by atoms with Gasteiger partial charge in [-0.05, 0) is 0 Å². The van der Waals surface area contributed by atoms with Crippen molar-refractivity contribution in [1.82, 2.24) is 0 Å². The maximum atomic E-state index is 8.52. The molecule has 0 saturated heterocycles. The van der Waals surface area contributed by atoms with Crippen LogP contribution in [0.25, 0.3) is 0 Å². The van der Waals surface area contributed by atoms with E-state index < -0.39 is 20.8 Å². The van der Waals surface area contributed by atoms with Gasteiger partial charge >= 0.3 is 44.4 Å². The number of rotatable bonds is 0. The van der Waals surface area contributed by atoms with Gasteiger partial charge in [-0.2, -0.15) is 0 Å². The van der Waals surface area contributed by atoms with Gasteiger partial charge in [-0.15, -0.1) is 0 Å². The molecule has 0 spiro atoms. The Morgan fingerprint density at radius 2 is 0.692 bits per heavy atom. The van der Waals surface area contributed by atoms with E-state index in [9.17, 15) is 0 Å². The second-order valence-corrected chi connectivity index (χ2v) is 2.45. The summed E-state index contributed by atoms with van der Waals surface area (Å²) in [6.07, 6.45) is 0. The molecule has 0 amide bonds. The zero-order valence-electron chi connectivity index (χ0n) is 5.44. The van der Waals surface area contributed by atoms with E-state index in [4.69, 9.17) is 35.0 Å². The Labute approximate surface area is 105 Å². The molecule has 9 nitrogen and oxygen atoms in total. The minimum atomic E-state index is -5.17. The maximum Gasteiger partial charge on any atom is 2.00 e. The van der Waals surface area contributed by atoms with E-state index in [-0.39, 0.29) is 49.8 Å². The van der Waals surface area contributed by atoms with E-state index in [0.29, 0.717) is 0 Å². The van der Waals surface area contributed by atoms with Gasteiger partial charge in [0, 0.05) is 20.8 Å². The minimum Gasteiger partial charge on any atom is -0.759 e. The van der Waals surface area contributed by atoms with Gasteiger partial charge in [0.05, 0.1) is 0 Å². The summed E-state index contributed by atoms with van der Waals surface area (Å²) < 4.78 is 68.2. The van der Waals surface area contributed by atoms with Crippen molar-refractivity contribution >= 4 is 48.1 Å². The molecule has 0 aliphatic heterocycles. The van der Waals surface area contributed by atoms with Crippen molar-refractivity contribution in [1.29, 1.82) is 0 Å². The van der Waals surface area contributed by atoms with Crippen molar-refractivity contribution in [2.75, 3.05) is 0 Å². The molecule has 13 heteroatoms. The van der Waals surface area contributed by atoms with E-state index in [1.54, 1.807) is 0 Å². The zero-order valence-corrected chi connectivity index (χ0v) is 12.1.